The van der Waals surface area contributed by atoms with Gasteiger partial charge in [-0.05, 0) is 36.8 Å². The quantitative estimate of drug-likeness (QED) is 0.616. The average molecular weight is 432 g/mol. The number of carbonyl (C=O) groups is 2. The largest absolute Gasteiger partial charge is 0.459 e. The van der Waals surface area contributed by atoms with Crippen LogP contribution in [0, 0.1) is 5.82 Å². The maximum atomic E-state index is 13.4. The molecule has 1 saturated heterocycles. The molecular formula is C21H19ClFN3O4. The van der Waals surface area contributed by atoms with E-state index in [0.29, 0.717) is 49.7 Å². The molecule has 3 aromatic rings. The summed E-state index contributed by atoms with van der Waals surface area (Å²) in [6, 6.07) is 7.59. The number of furan rings is 1. The van der Waals surface area contributed by atoms with Crippen molar-refractivity contribution in [3.63, 3.8) is 0 Å². The second-order valence-electron chi connectivity index (χ2n) is 6.96. The highest BCUT2D eigenvalue weighted by Gasteiger charge is 2.26. The molecule has 4 rings (SSSR count). The maximum absolute atomic E-state index is 13.4. The molecule has 0 spiro atoms. The smallest absolute Gasteiger partial charge is 0.289 e. The fourth-order valence-electron chi connectivity index (χ4n) is 3.43. The van der Waals surface area contributed by atoms with Crippen molar-refractivity contribution in [3.05, 3.63) is 65.0 Å². The fourth-order valence-corrected chi connectivity index (χ4v) is 3.61. The fraction of sp³-hybridized carbons (Fsp3) is 0.286. The van der Waals surface area contributed by atoms with E-state index in [1.807, 2.05) is 0 Å². The third kappa shape index (κ3) is 4.23. The summed E-state index contributed by atoms with van der Waals surface area (Å²) in [5.74, 6) is 0.0825. The van der Waals surface area contributed by atoms with Gasteiger partial charge in [0.1, 0.15) is 5.82 Å². The lowest BCUT2D eigenvalue weighted by molar-refractivity contribution is -0.132. The van der Waals surface area contributed by atoms with Crippen LogP contribution in [0.5, 0.6) is 0 Å². The standard InChI is InChI=1S/C21H19ClFN3O4/c22-16-12-14(3-5-17(16)23)20-15(13-24-30-20)4-6-19(27)25-7-9-26(10-8-25)21(28)18-2-1-11-29-18/h1-3,5,11-13H,4,6-10H2. The Morgan fingerprint density at radius 1 is 1.13 bits per heavy atom. The first-order valence-electron chi connectivity index (χ1n) is 9.52. The van der Waals surface area contributed by atoms with Gasteiger partial charge in [0.05, 0.1) is 17.5 Å². The first kappa shape index (κ1) is 20.2. The number of hydrogen-bond acceptors (Lipinski definition) is 5. The summed E-state index contributed by atoms with van der Waals surface area (Å²) in [5.41, 5.74) is 1.35. The Kier molecular flexibility index (Phi) is 5.85. The Balaban J connectivity index is 1.32. The maximum Gasteiger partial charge on any atom is 0.289 e. The minimum atomic E-state index is -0.513. The zero-order chi connectivity index (χ0) is 21.1. The van der Waals surface area contributed by atoms with Gasteiger partial charge in [-0.1, -0.05) is 16.8 Å². The number of aromatic nitrogens is 1. The van der Waals surface area contributed by atoms with Gasteiger partial charge in [-0.25, -0.2) is 4.39 Å². The number of piperazine rings is 1. The van der Waals surface area contributed by atoms with Crippen LogP contribution in [0.2, 0.25) is 5.02 Å². The van der Waals surface area contributed by atoms with E-state index in [2.05, 4.69) is 5.16 Å². The van der Waals surface area contributed by atoms with E-state index in [9.17, 15) is 14.0 Å². The highest BCUT2D eigenvalue weighted by Crippen LogP contribution is 2.28. The summed E-state index contributed by atoms with van der Waals surface area (Å²) < 4.78 is 23.8. The molecular weight excluding hydrogens is 413 g/mol. The predicted octanol–water partition coefficient (Wildman–Crippen LogP) is 3.64. The second-order valence-corrected chi connectivity index (χ2v) is 7.37. The van der Waals surface area contributed by atoms with E-state index in [1.54, 1.807) is 34.2 Å². The highest BCUT2D eigenvalue weighted by molar-refractivity contribution is 6.31. The zero-order valence-corrected chi connectivity index (χ0v) is 16.8. The van der Waals surface area contributed by atoms with Gasteiger partial charge in [-0.15, -0.1) is 0 Å². The molecule has 3 heterocycles. The van der Waals surface area contributed by atoms with Crippen molar-refractivity contribution in [1.82, 2.24) is 15.0 Å². The number of amides is 2. The van der Waals surface area contributed by atoms with E-state index in [1.165, 1.54) is 18.4 Å². The Morgan fingerprint density at radius 3 is 2.60 bits per heavy atom. The number of nitrogens with zero attached hydrogens (tertiary/aromatic N) is 3. The minimum absolute atomic E-state index is 0.00658. The number of benzene rings is 1. The van der Waals surface area contributed by atoms with E-state index in [4.69, 9.17) is 20.5 Å². The lowest BCUT2D eigenvalue weighted by Crippen LogP contribution is -2.50. The molecule has 0 radical (unpaired) electrons. The van der Waals surface area contributed by atoms with Gasteiger partial charge in [-0.3, -0.25) is 9.59 Å². The molecule has 2 aromatic heterocycles. The van der Waals surface area contributed by atoms with Crippen LogP contribution in [0.3, 0.4) is 0 Å². The molecule has 156 valence electrons. The minimum Gasteiger partial charge on any atom is -0.459 e. The molecule has 0 unspecified atom stereocenters. The van der Waals surface area contributed by atoms with Crippen molar-refractivity contribution < 1.29 is 22.9 Å². The summed E-state index contributed by atoms with van der Waals surface area (Å²) in [5, 5.41) is 3.80. The highest BCUT2D eigenvalue weighted by atomic mass is 35.5. The van der Waals surface area contributed by atoms with Gasteiger partial charge >= 0.3 is 0 Å². The monoisotopic (exact) mass is 431 g/mol. The first-order valence-corrected chi connectivity index (χ1v) is 9.90. The van der Waals surface area contributed by atoms with Gasteiger partial charge < -0.3 is 18.7 Å². The third-order valence-corrected chi connectivity index (χ3v) is 5.38. The summed E-state index contributed by atoms with van der Waals surface area (Å²) >= 11 is 5.85. The molecule has 9 heteroatoms. The molecule has 0 aliphatic carbocycles. The lowest BCUT2D eigenvalue weighted by Gasteiger charge is -2.34. The molecule has 0 atom stereocenters. The molecule has 30 heavy (non-hydrogen) atoms. The number of aryl methyl sites for hydroxylation is 1. The van der Waals surface area contributed by atoms with Crippen LogP contribution in [-0.2, 0) is 11.2 Å². The SMILES string of the molecule is O=C(CCc1cnoc1-c1ccc(F)c(Cl)c1)N1CCN(C(=O)c2ccco2)CC1. The van der Waals surface area contributed by atoms with Crippen LogP contribution in [0.4, 0.5) is 4.39 Å². The zero-order valence-electron chi connectivity index (χ0n) is 16.0. The van der Waals surface area contributed by atoms with Crippen LogP contribution in [-0.4, -0.2) is 52.9 Å². The van der Waals surface area contributed by atoms with Gasteiger partial charge in [0.2, 0.25) is 5.91 Å². The molecule has 7 nitrogen and oxygen atoms in total. The normalized spacial score (nSPS) is 14.2. The number of hydrogen-bond donors (Lipinski definition) is 0. The molecule has 2 amide bonds. The molecule has 0 bridgehead atoms. The van der Waals surface area contributed by atoms with Gasteiger partial charge in [0.25, 0.3) is 5.91 Å². The number of rotatable bonds is 5. The Hall–Kier alpha value is -3.13. The van der Waals surface area contributed by atoms with Crippen molar-refractivity contribution in [3.8, 4) is 11.3 Å². The van der Waals surface area contributed by atoms with Crippen LogP contribution in [0.1, 0.15) is 22.5 Å². The van der Waals surface area contributed by atoms with Crippen LogP contribution >= 0.6 is 11.6 Å². The van der Waals surface area contributed by atoms with E-state index in [0.717, 1.165) is 5.56 Å². The van der Waals surface area contributed by atoms with Crippen molar-refractivity contribution in [2.75, 3.05) is 26.2 Å². The molecule has 1 fully saturated rings. The third-order valence-electron chi connectivity index (χ3n) is 5.09. The predicted molar refractivity (Wildman–Crippen MR) is 106 cm³/mol. The van der Waals surface area contributed by atoms with Gasteiger partial charge in [-0.2, -0.15) is 0 Å². The summed E-state index contributed by atoms with van der Waals surface area (Å²) in [7, 11) is 0. The van der Waals surface area contributed by atoms with Crippen LogP contribution < -0.4 is 0 Å². The summed E-state index contributed by atoms with van der Waals surface area (Å²) in [6.07, 6.45) is 3.72. The first-order chi connectivity index (χ1) is 14.5. The Morgan fingerprint density at radius 2 is 1.90 bits per heavy atom. The van der Waals surface area contributed by atoms with Crippen LogP contribution in [0.15, 0.2) is 51.7 Å². The van der Waals surface area contributed by atoms with Gasteiger partial charge in [0, 0.05) is 43.7 Å². The molecule has 1 aromatic carbocycles. The van der Waals surface area contributed by atoms with E-state index >= 15 is 0 Å². The van der Waals surface area contributed by atoms with Crippen molar-refractivity contribution >= 4 is 23.4 Å². The Bertz CT molecular complexity index is 1040. The summed E-state index contributed by atoms with van der Waals surface area (Å²) in [6.45, 7) is 1.85. The second kappa shape index (κ2) is 8.71. The lowest BCUT2D eigenvalue weighted by atomic mass is 10.0. The average Bonchev–Trinajstić information content (AvgIpc) is 3.46. The Labute approximate surface area is 177 Å². The van der Waals surface area contributed by atoms with Crippen molar-refractivity contribution in [2.45, 2.75) is 12.8 Å². The number of halogens is 2. The number of carbonyl (C=O) groups excluding carboxylic acids is 2. The van der Waals surface area contributed by atoms with Gasteiger partial charge in [0.15, 0.2) is 11.5 Å². The van der Waals surface area contributed by atoms with Crippen molar-refractivity contribution in [1.29, 1.82) is 0 Å². The van der Waals surface area contributed by atoms with E-state index < -0.39 is 5.82 Å². The molecule has 1 aliphatic rings. The molecule has 0 N–H and O–H groups in total. The van der Waals surface area contributed by atoms with E-state index in [-0.39, 0.29) is 23.3 Å². The topological polar surface area (TPSA) is 79.8 Å². The molecule has 0 saturated carbocycles. The van der Waals surface area contributed by atoms with Crippen LogP contribution in [0.25, 0.3) is 11.3 Å². The summed E-state index contributed by atoms with van der Waals surface area (Å²) in [4.78, 5) is 28.4. The van der Waals surface area contributed by atoms with Crippen molar-refractivity contribution in [2.24, 2.45) is 0 Å². The molecule has 1 aliphatic heterocycles.